The maximum Gasteiger partial charge on any atom is 0.423 e. The van der Waals surface area contributed by atoms with E-state index in [2.05, 4.69) is 0 Å². The maximum absolute atomic E-state index is 12.5. The first-order valence-electron chi connectivity index (χ1n) is 5.29. The van der Waals surface area contributed by atoms with E-state index < -0.39 is 21.0 Å². The van der Waals surface area contributed by atoms with Crippen LogP contribution < -0.4 is 5.19 Å². The van der Waals surface area contributed by atoms with E-state index in [4.69, 9.17) is 8.85 Å². The zero-order valence-electron chi connectivity index (χ0n) is 9.67. The number of rotatable bonds is 5. The molecule has 6 heteroatoms. The van der Waals surface area contributed by atoms with E-state index in [0.29, 0.717) is 18.4 Å². The van der Waals surface area contributed by atoms with Crippen molar-refractivity contribution in [3.05, 3.63) is 29.8 Å². The zero-order chi connectivity index (χ0) is 12.9. The Labute approximate surface area is 100 Å². The number of halogens is 3. The summed E-state index contributed by atoms with van der Waals surface area (Å²) < 4.78 is 48.3. The van der Waals surface area contributed by atoms with Crippen LogP contribution in [0.15, 0.2) is 24.3 Å². The van der Waals surface area contributed by atoms with Crippen molar-refractivity contribution in [1.29, 1.82) is 0 Å². The minimum absolute atomic E-state index is 0.421. The molecule has 2 nitrogen and oxygen atoms in total. The molecule has 0 heterocycles. The molecular weight excluding hydrogens is 249 g/mol. The van der Waals surface area contributed by atoms with Crippen LogP contribution in [0.4, 0.5) is 13.2 Å². The van der Waals surface area contributed by atoms with Gasteiger partial charge in [-0.25, -0.2) is 0 Å². The van der Waals surface area contributed by atoms with E-state index in [-0.39, 0.29) is 0 Å². The van der Waals surface area contributed by atoms with Gasteiger partial charge >= 0.3 is 15.5 Å². The van der Waals surface area contributed by atoms with Gasteiger partial charge in [0.05, 0.1) is 5.56 Å². The molecule has 1 aromatic carbocycles. The fraction of sp³-hybridized carbons (Fsp3) is 0.455. The fourth-order valence-corrected chi connectivity index (χ4v) is 2.74. The molecule has 0 N–H and O–H groups in total. The average molecular weight is 263 g/mol. The molecule has 0 bridgehead atoms. The maximum atomic E-state index is 12.5. The Morgan fingerprint density at radius 3 is 2.18 bits per heavy atom. The second-order valence-electron chi connectivity index (χ2n) is 3.23. The monoisotopic (exact) mass is 263 g/mol. The largest absolute Gasteiger partial charge is 0.423 e. The van der Waals surface area contributed by atoms with Crippen LogP contribution in [0.1, 0.15) is 19.4 Å². The molecule has 17 heavy (non-hydrogen) atoms. The summed E-state index contributed by atoms with van der Waals surface area (Å²) in [7, 11) is -1.81. The van der Waals surface area contributed by atoms with Crippen molar-refractivity contribution in [3.63, 3.8) is 0 Å². The highest BCUT2D eigenvalue weighted by atomic mass is 28.3. The number of benzene rings is 1. The third-order valence-electron chi connectivity index (χ3n) is 1.98. The number of hydrogen-bond donors (Lipinski definition) is 0. The zero-order valence-corrected chi connectivity index (χ0v) is 10.7. The Kier molecular flexibility index (Phi) is 5.17. The molecular formula is C11H14F3O2Si. The van der Waals surface area contributed by atoms with Crippen molar-refractivity contribution >= 4 is 14.5 Å². The average Bonchev–Trinajstić information content (AvgIpc) is 2.28. The summed E-state index contributed by atoms with van der Waals surface area (Å²) >= 11 is 0. The molecule has 0 fully saturated rings. The summed E-state index contributed by atoms with van der Waals surface area (Å²) in [5.74, 6) is 0. The van der Waals surface area contributed by atoms with Crippen molar-refractivity contribution in [1.82, 2.24) is 0 Å². The molecule has 0 aliphatic heterocycles. The second-order valence-corrected chi connectivity index (χ2v) is 4.96. The molecule has 0 amide bonds. The van der Waals surface area contributed by atoms with E-state index in [1.54, 1.807) is 19.9 Å². The van der Waals surface area contributed by atoms with Crippen LogP contribution in [-0.2, 0) is 15.0 Å². The summed E-state index contributed by atoms with van der Waals surface area (Å²) in [6, 6.07) is 5.12. The van der Waals surface area contributed by atoms with Gasteiger partial charge in [-0.15, -0.1) is 0 Å². The van der Waals surface area contributed by atoms with Crippen LogP contribution in [0.5, 0.6) is 0 Å². The smallest absolute Gasteiger partial charge is 0.390 e. The van der Waals surface area contributed by atoms with Crippen LogP contribution in [0.25, 0.3) is 0 Å². The van der Waals surface area contributed by atoms with Gasteiger partial charge in [-0.05, 0) is 25.1 Å². The lowest BCUT2D eigenvalue weighted by atomic mass is 10.2. The molecule has 0 aliphatic rings. The van der Waals surface area contributed by atoms with Gasteiger partial charge in [-0.3, -0.25) is 0 Å². The highest BCUT2D eigenvalue weighted by Crippen LogP contribution is 2.28. The molecule has 1 radical (unpaired) electrons. The first-order valence-corrected chi connectivity index (χ1v) is 6.60. The predicted octanol–water partition coefficient (Wildman–Crippen LogP) is 2.47. The molecule has 0 spiro atoms. The first-order chi connectivity index (χ1) is 7.99. The molecule has 0 aliphatic carbocycles. The molecule has 0 saturated carbocycles. The van der Waals surface area contributed by atoms with Crippen LogP contribution >= 0.6 is 0 Å². The highest BCUT2D eigenvalue weighted by molar-refractivity contribution is 6.61. The molecule has 0 aromatic heterocycles. The SMILES string of the molecule is CCO[Si](OCC)c1cccc(C(F)(F)F)c1. The van der Waals surface area contributed by atoms with Gasteiger partial charge in [-0.2, -0.15) is 13.2 Å². The second kappa shape index (κ2) is 6.18. The van der Waals surface area contributed by atoms with Gasteiger partial charge in [0.2, 0.25) is 0 Å². The lowest BCUT2D eigenvalue weighted by molar-refractivity contribution is -0.137. The lowest BCUT2D eigenvalue weighted by Crippen LogP contribution is -2.37. The van der Waals surface area contributed by atoms with Gasteiger partial charge in [0.25, 0.3) is 0 Å². The quantitative estimate of drug-likeness (QED) is 0.760. The summed E-state index contributed by atoms with van der Waals surface area (Å²) in [5, 5.41) is 0.480. The molecule has 1 aromatic rings. The van der Waals surface area contributed by atoms with Crippen molar-refractivity contribution in [2.45, 2.75) is 20.0 Å². The van der Waals surface area contributed by atoms with Gasteiger partial charge in [0.15, 0.2) is 0 Å². The summed E-state index contributed by atoms with van der Waals surface area (Å²) in [5.41, 5.74) is -0.670. The van der Waals surface area contributed by atoms with Crippen molar-refractivity contribution in [2.24, 2.45) is 0 Å². The van der Waals surface area contributed by atoms with Crippen molar-refractivity contribution < 1.29 is 22.0 Å². The summed E-state index contributed by atoms with van der Waals surface area (Å²) in [4.78, 5) is 0. The van der Waals surface area contributed by atoms with Gasteiger partial charge in [0.1, 0.15) is 0 Å². The summed E-state index contributed by atoms with van der Waals surface area (Å²) in [6.07, 6.45) is -4.33. The fourth-order valence-electron chi connectivity index (χ4n) is 1.29. The third-order valence-corrected chi connectivity index (χ3v) is 3.86. The minimum atomic E-state index is -4.33. The van der Waals surface area contributed by atoms with Crippen LogP contribution in [0, 0.1) is 0 Å². The Hall–Kier alpha value is -0.853. The highest BCUT2D eigenvalue weighted by Gasteiger charge is 2.31. The predicted molar refractivity (Wildman–Crippen MR) is 60.1 cm³/mol. The van der Waals surface area contributed by atoms with E-state index in [0.717, 1.165) is 12.1 Å². The Bertz CT molecular complexity index is 349. The Morgan fingerprint density at radius 1 is 1.12 bits per heavy atom. The molecule has 1 rings (SSSR count). The normalized spacial score (nSPS) is 12.1. The van der Waals surface area contributed by atoms with Crippen LogP contribution in [0.3, 0.4) is 0 Å². The van der Waals surface area contributed by atoms with Crippen LogP contribution in [0.2, 0.25) is 0 Å². The third kappa shape index (κ3) is 4.14. The molecule has 95 valence electrons. The van der Waals surface area contributed by atoms with Crippen molar-refractivity contribution in [3.8, 4) is 0 Å². The Morgan fingerprint density at radius 2 is 1.71 bits per heavy atom. The Balaban J connectivity index is 2.95. The van der Waals surface area contributed by atoms with E-state index in [9.17, 15) is 13.2 Å². The lowest BCUT2D eigenvalue weighted by Gasteiger charge is -2.15. The first kappa shape index (κ1) is 14.2. The van der Waals surface area contributed by atoms with Gasteiger partial charge in [0, 0.05) is 13.2 Å². The van der Waals surface area contributed by atoms with Crippen LogP contribution in [-0.4, -0.2) is 22.5 Å². The molecule has 0 unspecified atom stereocenters. The summed E-state index contributed by atoms with van der Waals surface area (Å²) in [6.45, 7) is 4.42. The van der Waals surface area contributed by atoms with E-state index >= 15 is 0 Å². The molecule has 0 saturated heterocycles. The van der Waals surface area contributed by atoms with Crippen molar-refractivity contribution in [2.75, 3.05) is 13.2 Å². The van der Waals surface area contributed by atoms with Gasteiger partial charge < -0.3 is 8.85 Å². The minimum Gasteiger partial charge on any atom is -0.390 e. The topological polar surface area (TPSA) is 18.5 Å². The number of hydrogen-bond acceptors (Lipinski definition) is 2. The van der Waals surface area contributed by atoms with E-state index in [1.165, 1.54) is 6.07 Å². The number of alkyl halides is 3. The van der Waals surface area contributed by atoms with E-state index in [1.807, 2.05) is 0 Å². The molecule has 0 atom stereocenters. The standard InChI is InChI=1S/C11H14F3O2Si/c1-3-15-17(16-4-2)10-7-5-6-9(8-10)11(12,13)14/h5-8H,3-4H2,1-2H3. The van der Waals surface area contributed by atoms with Gasteiger partial charge in [-0.1, -0.05) is 18.2 Å².